The second-order valence-corrected chi connectivity index (χ2v) is 8.14. The zero-order valence-corrected chi connectivity index (χ0v) is 16.5. The third-order valence-electron chi connectivity index (χ3n) is 5.07. The van der Waals surface area contributed by atoms with Gasteiger partial charge in [-0.3, -0.25) is 9.59 Å². The molecule has 0 aliphatic carbocycles. The van der Waals surface area contributed by atoms with Crippen LogP contribution < -0.4 is 0 Å². The summed E-state index contributed by atoms with van der Waals surface area (Å²) >= 11 is 1.46. The molecule has 2 heterocycles. The van der Waals surface area contributed by atoms with Crippen LogP contribution in [0.3, 0.4) is 0 Å². The molecule has 0 N–H and O–H groups in total. The van der Waals surface area contributed by atoms with Gasteiger partial charge in [-0.05, 0) is 49.3 Å². The molecule has 1 aromatic heterocycles. The van der Waals surface area contributed by atoms with E-state index in [1.807, 2.05) is 29.5 Å². The van der Waals surface area contributed by atoms with Crippen LogP contribution in [-0.2, 0) is 11.3 Å². The molecule has 0 saturated carbocycles. The number of carbonyl (C=O) groups is 2. The highest BCUT2D eigenvalue weighted by Crippen LogP contribution is 2.23. The molecular weight excluding hydrogens is 344 g/mol. The van der Waals surface area contributed by atoms with E-state index in [0.29, 0.717) is 13.1 Å². The maximum atomic E-state index is 12.9. The lowest BCUT2D eigenvalue weighted by molar-refractivity contribution is -0.136. The molecule has 2 aromatic rings. The number of aryl methyl sites for hydroxylation is 2. The van der Waals surface area contributed by atoms with Crippen molar-refractivity contribution in [2.75, 3.05) is 20.1 Å². The molecule has 1 fully saturated rings. The second kappa shape index (κ2) is 8.04. The van der Waals surface area contributed by atoms with Gasteiger partial charge in [-0.15, -0.1) is 11.3 Å². The Morgan fingerprint density at radius 1 is 1.27 bits per heavy atom. The highest BCUT2D eigenvalue weighted by molar-refractivity contribution is 7.12. The molecule has 26 heavy (non-hydrogen) atoms. The van der Waals surface area contributed by atoms with Gasteiger partial charge in [0.2, 0.25) is 5.91 Å². The largest absolute Gasteiger partial charge is 0.341 e. The van der Waals surface area contributed by atoms with Crippen molar-refractivity contribution in [2.45, 2.75) is 33.2 Å². The van der Waals surface area contributed by atoms with E-state index >= 15 is 0 Å². The van der Waals surface area contributed by atoms with E-state index in [0.717, 1.165) is 24.3 Å². The van der Waals surface area contributed by atoms with E-state index in [1.165, 1.54) is 28.0 Å². The molecule has 1 aliphatic heterocycles. The molecule has 138 valence electrons. The Labute approximate surface area is 159 Å². The van der Waals surface area contributed by atoms with E-state index < -0.39 is 0 Å². The first-order valence-corrected chi connectivity index (χ1v) is 9.97. The van der Waals surface area contributed by atoms with Crippen LogP contribution in [0.1, 0.15) is 39.2 Å². The minimum Gasteiger partial charge on any atom is -0.341 e. The van der Waals surface area contributed by atoms with Crippen LogP contribution in [0.2, 0.25) is 0 Å². The summed E-state index contributed by atoms with van der Waals surface area (Å²) in [7, 11) is 1.86. The number of benzene rings is 1. The summed E-state index contributed by atoms with van der Waals surface area (Å²) in [6.07, 6.45) is 1.73. The lowest BCUT2D eigenvalue weighted by atomic mass is 9.96. The summed E-state index contributed by atoms with van der Waals surface area (Å²) in [5, 5.41) is 1.91. The van der Waals surface area contributed by atoms with Crippen LogP contribution >= 0.6 is 11.3 Å². The zero-order valence-electron chi connectivity index (χ0n) is 15.7. The van der Waals surface area contributed by atoms with Crippen molar-refractivity contribution in [3.05, 3.63) is 57.3 Å². The molecule has 5 heteroatoms. The van der Waals surface area contributed by atoms with Gasteiger partial charge in [-0.1, -0.05) is 29.8 Å². The van der Waals surface area contributed by atoms with Crippen LogP contribution in [0.4, 0.5) is 0 Å². The van der Waals surface area contributed by atoms with Crippen molar-refractivity contribution >= 4 is 23.2 Å². The Balaban J connectivity index is 1.64. The first-order valence-electron chi connectivity index (χ1n) is 9.09. The predicted molar refractivity (Wildman–Crippen MR) is 105 cm³/mol. The molecule has 1 aliphatic rings. The number of hydrogen-bond acceptors (Lipinski definition) is 3. The normalized spacial score (nSPS) is 17.2. The number of amides is 2. The van der Waals surface area contributed by atoms with Gasteiger partial charge in [-0.25, -0.2) is 0 Å². The maximum absolute atomic E-state index is 12.9. The van der Waals surface area contributed by atoms with E-state index in [-0.39, 0.29) is 17.7 Å². The van der Waals surface area contributed by atoms with Gasteiger partial charge in [0.15, 0.2) is 0 Å². The second-order valence-electron chi connectivity index (χ2n) is 7.19. The Morgan fingerprint density at radius 3 is 2.77 bits per heavy atom. The maximum Gasteiger partial charge on any atom is 0.263 e. The minimum atomic E-state index is -0.108. The van der Waals surface area contributed by atoms with Crippen LogP contribution in [0.5, 0.6) is 0 Å². The summed E-state index contributed by atoms with van der Waals surface area (Å²) in [5.41, 5.74) is 3.62. The fourth-order valence-electron chi connectivity index (χ4n) is 3.59. The van der Waals surface area contributed by atoms with Crippen molar-refractivity contribution in [3.63, 3.8) is 0 Å². The monoisotopic (exact) mass is 370 g/mol. The highest BCUT2D eigenvalue weighted by Gasteiger charge is 2.30. The number of rotatable bonds is 4. The van der Waals surface area contributed by atoms with Crippen molar-refractivity contribution in [3.8, 4) is 0 Å². The SMILES string of the molecule is Cc1ccc(CN(C)C(=O)[C@H]2CCCN(C(=O)c3cccs3)C2)c(C)c1. The Kier molecular flexibility index (Phi) is 5.77. The molecule has 1 atom stereocenters. The van der Waals surface area contributed by atoms with Gasteiger partial charge in [0.1, 0.15) is 0 Å². The van der Waals surface area contributed by atoms with Crippen molar-refractivity contribution < 1.29 is 9.59 Å². The topological polar surface area (TPSA) is 40.6 Å². The number of thiophene rings is 1. The van der Waals surface area contributed by atoms with Crippen LogP contribution in [0.15, 0.2) is 35.7 Å². The Bertz CT molecular complexity index is 785. The summed E-state index contributed by atoms with van der Waals surface area (Å²) in [4.78, 5) is 29.9. The summed E-state index contributed by atoms with van der Waals surface area (Å²) < 4.78 is 0. The molecule has 4 nitrogen and oxygen atoms in total. The standard InChI is InChI=1S/C21H26N2O2S/c1-15-8-9-17(16(2)12-15)13-22(3)20(24)18-6-4-10-23(14-18)21(25)19-7-5-11-26-19/h5,7-9,11-12,18H,4,6,10,13-14H2,1-3H3/t18-/m0/s1. The average Bonchev–Trinajstić information content (AvgIpc) is 3.17. The molecular formula is C21H26N2O2S. The fraction of sp³-hybridized carbons (Fsp3) is 0.429. The highest BCUT2D eigenvalue weighted by atomic mass is 32.1. The van der Waals surface area contributed by atoms with Gasteiger partial charge in [-0.2, -0.15) is 0 Å². The van der Waals surface area contributed by atoms with E-state index in [1.54, 1.807) is 4.90 Å². The minimum absolute atomic E-state index is 0.0505. The number of hydrogen-bond donors (Lipinski definition) is 0. The van der Waals surface area contributed by atoms with Crippen LogP contribution in [0, 0.1) is 19.8 Å². The molecule has 1 saturated heterocycles. The smallest absolute Gasteiger partial charge is 0.263 e. The Hall–Kier alpha value is -2.14. The van der Waals surface area contributed by atoms with Crippen LogP contribution in [0.25, 0.3) is 0 Å². The van der Waals surface area contributed by atoms with E-state index in [2.05, 4.69) is 32.0 Å². The lowest BCUT2D eigenvalue weighted by Gasteiger charge is -2.34. The zero-order chi connectivity index (χ0) is 18.7. The van der Waals surface area contributed by atoms with Crippen LogP contribution in [-0.4, -0.2) is 41.8 Å². The number of carbonyl (C=O) groups excluding carboxylic acids is 2. The van der Waals surface area contributed by atoms with E-state index in [4.69, 9.17) is 0 Å². The molecule has 0 unspecified atom stereocenters. The number of piperidine rings is 1. The van der Waals surface area contributed by atoms with E-state index in [9.17, 15) is 9.59 Å². The van der Waals surface area contributed by atoms with Crippen molar-refractivity contribution in [1.29, 1.82) is 0 Å². The summed E-state index contributed by atoms with van der Waals surface area (Å²) in [6, 6.07) is 10.1. The van der Waals surface area contributed by atoms with Gasteiger partial charge in [0, 0.05) is 26.7 Å². The molecule has 0 radical (unpaired) electrons. The molecule has 3 rings (SSSR count). The third-order valence-corrected chi connectivity index (χ3v) is 5.93. The predicted octanol–water partition coefficient (Wildman–Crippen LogP) is 3.88. The van der Waals surface area contributed by atoms with Gasteiger partial charge >= 0.3 is 0 Å². The van der Waals surface area contributed by atoms with Gasteiger partial charge < -0.3 is 9.80 Å². The average molecular weight is 371 g/mol. The first-order chi connectivity index (χ1) is 12.5. The van der Waals surface area contributed by atoms with Crippen molar-refractivity contribution in [1.82, 2.24) is 9.80 Å². The summed E-state index contributed by atoms with van der Waals surface area (Å²) in [6.45, 7) is 6.03. The molecule has 0 spiro atoms. The third kappa shape index (κ3) is 4.15. The summed E-state index contributed by atoms with van der Waals surface area (Å²) in [5.74, 6) is 0.0756. The molecule has 2 amide bonds. The van der Waals surface area contributed by atoms with Crippen molar-refractivity contribution in [2.24, 2.45) is 5.92 Å². The molecule has 1 aromatic carbocycles. The van der Waals surface area contributed by atoms with Gasteiger partial charge in [0.05, 0.1) is 10.8 Å². The fourth-order valence-corrected chi connectivity index (χ4v) is 4.28. The molecule has 0 bridgehead atoms. The quantitative estimate of drug-likeness (QED) is 0.820. The number of nitrogens with zero attached hydrogens (tertiary/aromatic N) is 2. The Morgan fingerprint density at radius 2 is 2.08 bits per heavy atom. The van der Waals surface area contributed by atoms with Gasteiger partial charge in [0.25, 0.3) is 5.91 Å². The lowest BCUT2D eigenvalue weighted by Crippen LogP contribution is -2.45. The number of likely N-dealkylation sites (tertiary alicyclic amines) is 1. The first kappa shape index (κ1) is 18.6.